The van der Waals surface area contributed by atoms with E-state index in [0.717, 1.165) is 16.9 Å². The molecule has 22 heavy (non-hydrogen) atoms. The van der Waals surface area contributed by atoms with Crippen molar-refractivity contribution in [1.82, 2.24) is 4.98 Å². The van der Waals surface area contributed by atoms with E-state index in [4.69, 9.17) is 19.3 Å². The van der Waals surface area contributed by atoms with Crippen molar-refractivity contribution < 1.29 is 19.3 Å². The number of pyridine rings is 1. The molecule has 2 aliphatic heterocycles. The summed E-state index contributed by atoms with van der Waals surface area (Å²) in [5, 5.41) is 13.0. The van der Waals surface area contributed by atoms with E-state index in [0.29, 0.717) is 6.42 Å². The van der Waals surface area contributed by atoms with Crippen LogP contribution in [0.4, 0.5) is 0 Å². The van der Waals surface area contributed by atoms with Crippen molar-refractivity contribution in [2.45, 2.75) is 51.4 Å². The van der Waals surface area contributed by atoms with E-state index >= 15 is 0 Å². The van der Waals surface area contributed by atoms with Gasteiger partial charge in [-0.1, -0.05) is 11.2 Å². The summed E-state index contributed by atoms with van der Waals surface area (Å²) in [5.41, 5.74) is 1.64. The van der Waals surface area contributed by atoms with Crippen molar-refractivity contribution in [2.24, 2.45) is 5.16 Å². The van der Waals surface area contributed by atoms with Crippen LogP contribution in [0, 0.1) is 0 Å². The molecule has 0 saturated carbocycles. The highest BCUT2D eigenvalue weighted by atomic mass is 16.7. The third-order valence-corrected chi connectivity index (χ3v) is 4.54. The molecule has 0 spiro atoms. The second-order valence-electron chi connectivity index (χ2n) is 6.72. The van der Waals surface area contributed by atoms with Crippen LogP contribution in [0.15, 0.2) is 23.5 Å². The number of nitrogens with zero attached hydrogens (tertiary/aromatic N) is 2. The molecule has 1 aromatic heterocycles. The molecule has 0 bridgehead atoms. The van der Waals surface area contributed by atoms with Crippen LogP contribution in [-0.2, 0) is 14.1 Å². The van der Waals surface area contributed by atoms with E-state index in [9.17, 15) is 0 Å². The molecule has 1 fully saturated rings. The van der Waals surface area contributed by atoms with Gasteiger partial charge in [-0.15, -0.1) is 0 Å². The van der Waals surface area contributed by atoms with Gasteiger partial charge in [0, 0.05) is 18.1 Å². The Hall–Kier alpha value is -1.44. The van der Waals surface area contributed by atoms with Crippen LogP contribution in [0.1, 0.15) is 39.8 Å². The second-order valence-corrected chi connectivity index (χ2v) is 6.72. The van der Waals surface area contributed by atoms with Crippen molar-refractivity contribution in [3.63, 3.8) is 0 Å². The van der Waals surface area contributed by atoms with Gasteiger partial charge in [-0.2, -0.15) is 0 Å². The first-order valence-electron chi connectivity index (χ1n) is 7.48. The predicted molar refractivity (Wildman–Crippen MR) is 83.1 cm³/mol. The summed E-state index contributed by atoms with van der Waals surface area (Å²) in [6.45, 7) is 8.05. The third-order valence-electron chi connectivity index (χ3n) is 4.54. The van der Waals surface area contributed by atoms with E-state index in [2.05, 4.69) is 10.1 Å². The molecule has 1 atom stereocenters. The summed E-state index contributed by atoms with van der Waals surface area (Å²) in [5.74, 6) is 0. The molecule has 1 saturated heterocycles. The molecule has 7 heteroatoms. The molecular weight excluding hydrogens is 283 g/mol. The van der Waals surface area contributed by atoms with Crippen LogP contribution in [0.3, 0.4) is 0 Å². The van der Waals surface area contributed by atoms with Gasteiger partial charge in [0.25, 0.3) is 0 Å². The molecule has 0 amide bonds. The van der Waals surface area contributed by atoms with Gasteiger partial charge in [-0.25, -0.2) is 0 Å². The number of aromatic nitrogens is 1. The Bertz CT molecular complexity index is 570. The molecule has 0 radical (unpaired) electrons. The van der Waals surface area contributed by atoms with E-state index in [1.165, 1.54) is 0 Å². The van der Waals surface area contributed by atoms with Gasteiger partial charge in [0.05, 0.1) is 23.5 Å². The number of oxime groups is 1. The molecule has 6 nitrogen and oxygen atoms in total. The summed E-state index contributed by atoms with van der Waals surface area (Å²) < 4.78 is 12.0. The monoisotopic (exact) mass is 304 g/mol. The number of aliphatic hydroxyl groups excluding tert-OH is 1. The Morgan fingerprint density at radius 3 is 2.41 bits per heavy atom. The zero-order chi connectivity index (χ0) is 16.0. The maximum Gasteiger partial charge on any atom is 0.496 e. The fourth-order valence-corrected chi connectivity index (χ4v) is 2.37. The third kappa shape index (κ3) is 2.64. The summed E-state index contributed by atoms with van der Waals surface area (Å²) in [4.78, 5) is 9.52. The van der Waals surface area contributed by atoms with E-state index in [1.54, 1.807) is 6.20 Å². The molecule has 2 aliphatic rings. The minimum Gasteiger partial charge on any atom is -0.399 e. The molecule has 1 N–H and O–H groups in total. The zero-order valence-corrected chi connectivity index (χ0v) is 13.4. The smallest absolute Gasteiger partial charge is 0.399 e. The Labute approximate surface area is 130 Å². The first-order chi connectivity index (χ1) is 10.3. The molecular formula is C15H21BN2O4. The standard InChI is InChI=1S/C15H21BN2O4/c1-14(2)15(3,4)22-16(21-14)10-5-6-12(17-8-10)13-7-11(9-19)20-18-13/h5-6,8,11,19H,7,9H2,1-4H3. The lowest BCUT2D eigenvalue weighted by molar-refractivity contribution is 0.00578. The average Bonchev–Trinajstić information content (AvgIpc) is 3.02. The minimum atomic E-state index is -0.418. The molecule has 1 unspecified atom stereocenters. The maximum absolute atomic E-state index is 9.06. The number of aliphatic hydroxyl groups is 1. The lowest BCUT2D eigenvalue weighted by Crippen LogP contribution is -2.41. The van der Waals surface area contributed by atoms with Gasteiger partial charge in [0.2, 0.25) is 0 Å². The van der Waals surface area contributed by atoms with E-state index in [-0.39, 0.29) is 23.9 Å². The van der Waals surface area contributed by atoms with Gasteiger partial charge in [-0.3, -0.25) is 4.98 Å². The summed E-state index contributed by atoms with van der Waals surface area (Å²) in [6.07, 6.45) is 2.05. The SMILES string of the molecule is CC1(C)OB(c2ccc(C3=NOC(CO)C3)nc2)OC1(C)C. The largest absolute Gasteiger partial charge is 0.496 e. The quantitative estimate of drug-likeness (QED) is 0.839. The first-order valence-corrected chi connectivity index (χ1v) is 7.48. The Morgan fingerprint density at radius 2 is 1.91 bits per heavy atom. The molecule has 3 heterocycles. The minimum absolute atomic E-state index is 0.0427. The van der Waals surface area contributed by atoms with Crippen LogP contribution in [0.25, 0.3) is 0 Å². The van der Waals surface area contributed by atoms with Crippen molar-refractivity contribution >= 4 is 18.3 Å². The van der Waals surface area contributed by atoms with E-state index < -0.39 is 7.12 Å². The Morgan fingerprint density at radius 1 is 1.23 bits per heavy atom. The van der Waals surface area contributed by atoms with Crippen LogP contribution < -0.4 is 5.46 Å². The summed E-state index contributed by atoms with van der Waals surface area (Å²) in [6, 6.07) is 3.81. The first kappa shape index (κ1) is 15.5. The molecule has 118 valence electrons. The number of rotatable bonds is 3. The van der Waals surface area contributed by atoms with Gasteiger partial charge in [0.1, 0.15) is 5.71 Å². The van der Waals surface area contributed by atoms with Crippen molar-refractivity contribution in [1.29, 1.82) is 0 Å². The number of hydrogen-bond acceptors (Lipinski definition) is 6. The normalized spacial score (nSPS) is 26.0. The summed E-state index contributed by atoms with van der Waals surface area (Å²) >= 11 is 0. The topological polar surface area (TPSA) is 73.2 Å². The zero-order valence-electron chi connectivity index (χ0n) is 13.4. The lowest BCUT2D eigenvalue weighted by atomic mass is 9.80. The van der Waals surface area contributed by atoms with Gasteiger partial charge in [-0.05, 0) is 33.8 Å². The fraction of sp³-hybridized carbons (Fsp3) is 0.600. The van der Waals surface area contributed by atoms with Crippen LogP contribution in [-0.4, -0.2) is 46.8 Å². The highest BCUT2D eigenvalue weighted by molar-refractivity contribution is 6.62. The average molecular weight is 304 g/mol. The van der Waals surface area contributed by atoms with Crippen molar-refractivity contribution in [2.75, 3.05) is 6.61 Å². The predicted octanol–water partition coefficient (Wildman–Crippen LogP) is 0.866. The van der Waals surface area contributed by atoms with Gasteiger partial charge >= 0.3 is 7.12 Å². The molecule has 0 aliphatic carbocycles. The van der Waals surface area contributed by atoms with Crippen LogP contribution in [0.5, 0.6) is 0 Å². The number of hydrogen-bond donors (Lipinski definition) is 1. The molecule has 3 rings (SSSR count). The fourth-order valence-electron chi connectivity index (χ4n) is 2.37. The maximum atomic E-state index is 9.06. The van der Waals surface area contributed by atoms with E-state index in [1.807, 2.05) is 39.8 Å². The highest BCUT2D eigenvalue weighted by Gasteiger charge is 2.51. The van der Waals surface area contributed by atoms with Crippen molar-refractivity contribution in [3.8, 4) is 0 Å². The van der Waals surface area contributed by atoms with Gasteiger partial charge in [0.15, 0.2) is 6.10 Å². The summed E-state index contributed by atoms with van der Waals surface area (Å²) in [7, 11) is -0.418. The van der Waals surface area contributed by atoms with Crippen LogP contribution >= 0.6 is 0 Å². The second kappa shape index (κ2) is 5.33. The Balaban J connectivity index is 1.73. The lowest BCUT2D eigenvalue weighted by Gasteiger charge is -2.32. The Kier molecular flexibility index (Phi) is 3.75. The molecule has 0 aromatic carbocycles. The van der Waals surface area contributed by atoms with Crippen LogP contribution in [0.2, 0.25) is 0 Å². The van der Waals surface area contributed by atoms with Crippen molar-refractivity contribution in [3.05, 3.63) is 24.0 Å². The van der Waals surface area contributed by atoms with Gasteiger partial charge < -0.3 is 19.3 Å². The molecule has 1 aromatic rings. The highest BCUT2D eigenvalue weighted by Crippen LogP contribution is 2.36.